The molecule has 0 saturated heterocycles. The van der Waals surface area contributed by atoms with Crippen molar-refractivity contribution in [2.24, 2.45) is 0 Å². The minimum absolute atomic E-state index is 0.684. The van der Waals surface area contributed by atoms with Crippen molar-refractivity contribution in [3.63, 3.8) is 0 Å². The molecule has 2 heterocycles. The highest BCUT2D eigenvalue weighted by Crippen LogP contribution is 2.30. The monoisotopic (exact) mass is 318 g/mol. The van der Waals surface area contributed by atoms with Gasteiger partial charge in [-0.1, -0.05) is 41.6 Å². The van der Waals surface area contributed by atoms with Crippen LogP contribution in [0.1, 0.15) is 18.2 Å². The van der Waals surface area contributed by atoms with Gasteiger partial charge >= 0.3 is 0 Å². The molecule has 3 rings (SSSR count). The molecule has 0 aliphatic heterocycles. The lowest BCUT2D eigenvalue weighted by molar-refractivity contribution is 0.681. The molecule has 0 spiro atoms. The highest BCUT2D eigenvalue weighted by Gasteiger charge is 2.12. The molecule has 0 radical (unpaired) electrons. The number of benzene rings is 1. The Hall–Kier alpha value is -1.59. The molecule has 2 aromatic heterocycles. The molecule has 1 aromatic carbocycles. The molecule has 0 amide bonds. The minimum atomic E-state index is 0.684. The Bertz CT molecular complexity index is 784. The number of hydrogen-bond donors (Lipinski definition) is 0. The molecule has 0 N–H and O–H groups in total. The number of pyridine rings is 1. The van der Waals surface area contributed by atoms with Crippen molar-refractivity contribution in [2.75, 3.05) is 0 Å². The summed E-state index contributed by atoms with van der Waals surface area (Å²) in [7, 11) is 0. The van der Waals surface area contributed by atoms with E-state index in [2.05, 4.69) is 22.1 Å². The maximum atomic E-state index is 6.47. The van der Waals surface area contributed by atoms with Crippen molar-refractivity contribution in [1.29, 1.82) is 0 Å². The Morgan fingerprint density at radius 2 is 2.10 bits per heavy atom. The lowest BCUT2D eigenvalue weighted by atomic mass is 10.1. The van der Waals surface area contributed by atoms with E-state index in [0.29, 0.717) is 5.75 Å². The quantitative estimate of drug-likeness (QED) is 0.679. The van der Waals surface area contributed by atoms with Crippen LogP contribution in [-0.2, 0) is 12.3 Å². The molecule has 108 valence electrons. The molecule has 6 heteroatoms. The molecule has 4 nitrogen and oxygen atoms in total. The average Bonchev–Trinajstić information content (AvgIpc) is 2.97. The molecule has 0 bridgehead atoms. The van der Waals surface area contributed by atoms with Crippen LogP contribution in [0.25, 0.3) is 10.9 Å². The zero-order valence-electron chi connectivity index (χ0n) is 11.9. The lowest BCUT2D eigenvalue weighted by Crippen LogP contribution is -1.97. The summed E-state index contributed by atoms with van der Waals surface area (Å²) in [6.07, 6.45) is 1.74. The Labute approximate surface area is 132 Å². The van der Waals surface area contributed by atoms with Gasteiger partial charge in [0.25, 0.3) is 0 Å². The van der Waals surface area contributed by atoms with Crippen LogP contribution >= 0.6 is 23.4 Å². The van der Waals surface area contributed by atoms with E-state index in [1.807, 2.05) is 35.8 Å². The third-order valence-corrected chi connectivity index (χ3v) is 4.90. The molecule has 0 aliphatic carbocycles. The zero-order valence-corrected chi connectivity index (χ0v) is 13.4. The van der Waals surface area contributed by atoms with Gasteiger partial charge in [-0.3, -0.25) is 4.98 Å². The van der Waals surface area contributed by atoms with E-state index in [9.17, 15) is 0 Å². The SMILES string of the molecule is CCn1cnnc1SCc1nc2ccccc2c(C)c1Cl. The second kappa shape index (κ2) is 6.03. The lowest BCUT2D eigenvalue weighted by Gasteiger charge is -2.09. The van der Waals surface area contributed by atoms with Crippen LogP contribution in [0.2, 0.25) is 5.02 Å². The normalized spacial score (nSPS) is 11.2. The molecule has 21 heavy (non-hydrogen) atoms. The number of thioether (sulfide) groups is 1. The highest BCUT2D eigenvalue weighted by molar-refractivity contribution is 7.98. The summed E-state index contributed by atoms with van der Waals surface area (Å²) in [5.41, 5.74) is 2.95. The second-order valence-electron chi connectivity index (χ2n) is 4.70. The molecular weight excluding hydrogens is 304 g/mol. The van der Waals surface area contributed by atoms with Gasteiger partial charge in [-0.15, -0.1) is 10.2 Å². The number of para-hydroxylation sites is 1. The maximum Gasteiger partial charge on any atom is 0.191 e. The van der Waals surface area contributed by atoms with Gasteiger partial charge in [0.1, 0.15) is 6.33 Å². The van der Waals surface area contributed by atoms with Crippen LogP contribution < -0.4 is 0 Å². The van der Waals surface area contributed by atoms with Crippen molar-refractivity contribution in [2.45, 2.75) is 31.3 Å². The van der Waals surface area contributed by atoms with Gasteiger partial charge < -0.3 is 4.57 Å². The van der Waals surface area contributed by atoms with Crippen molar-refractivity contribution in [3.05, 3.63) is 46.9 Å². The van der Waals surface area contributed by atoms with E-state index in [4.69, 9.17) is 11.6 Å². The zero-order chi connectivity index (χ0) is 14.8. The third-order valence-electron chi connectivity index (χ3n) is 3.40. The predicted octanol–water partition coefficient (Wildman–Crippen LogP) is 4.10. The van der Waals surface area contributed by atoms with Crippen molar-refractivity contribution in [1.82, 2.24) is 19.7 Å². The smallest absolute Gasteiger partial charge is 0.191 e. The van der Waals surface area contributed by atoms with Crippen molar-refractivity contribution < 1.29 is 0 Å². The number of nitrogens with zero attached hydrogens (tertiary/aromatic N) is 4. The van der Waals surface area contributed by atoms with Crippen molar-refractivity contribution >= 4 is 34.3 Å². The van der Waals surface area contributed by atoms with Crippen LogP contribution in [-0.4, -0.2) is 19.7 Å². The van der Waals surface area contributed by atoms with Gasteiger partial charge in [0.2, 0.25) is 0 Å². The fourth-order valence-corrected chi connectivity index (χ4v) is 3.43. The number of hydrogen-bond acceptors (Lipinski definition) is 4. The van der Waals surface area contributed by atoms with Crippen LogP contribution in [0.4, 0.5) is 0 Å². The van der Waals surface area contributed by atoms with Crippen LogP contribution in [0, 0.1) is 6.92 Å². The third kappa shape index (κ3) is 2.76. The van der Waals surface area contributed by atoms with E-state index >= 15 is 0 Å². The van der Waals surface area contributed by atoms with Gasteiger partial charge in [-0.25, -0.2) is 0 Å². The fraction of sp³-hybridized carbons (Fsp3) is 0.267. The Balaban J connectivity index is 1.92. The molecule has 0 unspecified atom stereocenters. The molecule has 3 aromatic rings. The molecule has 0 atom stereocenters. The van der Waals surface area contributed by atoms with Gasteiger partial charge in [0, 0.05) is 17.7 Å². The summed E-state index contributed by atoms with van der Waals surface area (Å²) in [6, 6.07) is 8.06. The first-order valence-electron chi connectivity index (χ1n) is 6.75. The molecular formula is C15H15ClN4S. The number of fused-ring (bicyclic) bond motifs is 1. The topological polar surface area (TPSA) is 43.6 Å². The molecule has 0 aliphatic rings. The Kier molecular flexibility index (Phi) is 4.12. The first-order valence-corrected chi connectivity index (χ1v) is 8.11. The standard InChI is InChI=1S/C15H15ClN4S/c1-3-20-9-17-19-15(20)21-8-13-14(16)10(2)11-6-4-5-7-12(11)18-13/h4-7,9H,3,8H2,1-2H3. The van der Waals surface area contributed by atoms with Crippen LogP contribution in [0.15, 0.2) is 35.7 Å². The average molecular weight is 319 g/mol. The summed E-state index contributed by atoms with van der Waals surface area (Å²) in [5, 5.41) is 10.8. The van der Waals surface area contributed by atoms with E-state index in [1.165, 1.54) is 0 Å². The summed E-state index contributed by atoms with van der Waals surface area (Å²) in [4.78, 5) is 4.68. The molecule has 0 saturated carbocycles. The predicted molar refractivity (Wildman–Crippen MR) is 86.7 cm³/mol. The van der Waals surface area contributed by atoms with Gasteiger partial charge in [0.15, 0.2) is 5.16 Å². The van der Waals surface area contributed by atoms with E-state index < -0.39 is 0 Å². The maximum absolute atomic E-state index is 6.47. The van der Waals surface area contributed by atoms with Gasteiger partial charge in [-0.05, 0) is 25.5 Å². The molecule has 0 fully saturated rings. The number of aromatic nitrogens is 4. The van der Waals surface area contributed by atoms with E-state index in [-0.39, 0.29) is 0 Å². The first-order chi connectivity index (χ1) is 10.2. The summed E-state index contributed by atoms with van der Waals surface area (Å²) >= 11 is 8.07. The largest absolute Gasteiger partial charge is 0.309 e. The van der Waals surface area contributed by atoms with Gasteiger partial charge in [-0.2, -0.15) is 0 Å². The van der Waals surface area contributed by atoms with Crippen molar-refractivity contribution in [3.8, 4) is 0 Å². The van der Waals surface area contributed by atoms with E-state index in [0.717, 1.165) is 38.9 Å². The summed E-state index contributed by atoms with van der Waals surface area (Å²) in [5.74, 6) is 0.684. The Morgan fingerprint density at radius 3 is 2.90 bits per heavy atom. The number of aryl methyl sites for hydroxylation is 2. The van der Waals surface area contributed by atoms with E-state index in [1.54, 1.807) is 18.1 Å². The summed E-state index contributed by atoms with van der Waals surface area (Å²) in [6.45, 7) is 4.96. The van der Waals surface area contributed by atoms with Crippen LogP contribution in [0.3, 0.4) is 0 Å². The van der Waals surface area contributed by atoms with Gasteiger partial charge in [0.05, 0.1) is 16.2 Å². The fourth-order valence-electron chi connectivity index (χ4n) is 2.22. The summed E-state index contributed by atoms with van der Waals surface area (Å²) < 4.78 is 2.01. The number of rotatable bonds is 4. The Morgan fingerprint density at radius 1 is 1.29 bits per heavy atom. The minimum Gasteiger partial charge on any atom is -0.309 e. The highest BCUT2D eigenvalue weighted by atomic mass is 35.5. The second-order valence-corrected chi connectivity index (χ2v) is 6.02. The first kappa shape index (κ1) is 14.4. The number of halogens is 1. The van der Waals surface area contributed by atoms with Crippen LogP contribution in [0.5, 0.6) is 0 Å².